The van der Waals surface area contributed by atoms with Crippen LogP contribution in [0.4, 0.5) is 5.69 Å². The van der Waals surface area contributed by atoms with Crippen LogP contribution < -0.4 is 11.1 Å². The highest BCUT2D eigenvalue weighted by Gasteiger charge is 2.03. The highest BCUT2D eigenvalue weighted by atomic mass is 32.1. The van der Waals surface area contributed by atoms with E-state index in [1.165, 1.54) is 0 Å². The molecule has 0 fully saturated rings. The number of anilines is 1. The summed E-state index contributed by atoms with van der Waals surface area (Å²) in [6.45, 7) is 0.823. The monoisotopic (exact) mass is 263 g/mol. The van der Waals surface area contributed by atoms with Crippen molar-refractivity contribution in [1.29, 1.82) is 0 Å². The minimum Gasteiger partial charge on any atom is -0.389 e. The van der Waals surface area contributed by atoms with Crippen molar-refractivity contribution in [3.63, 3.8) is 0 Å². The van der Waals surface area contributed by atoms with Gasteiger partial charge in [-0.2, -0.15) is 0 Å². The number of hydrogen-bond acceptors (Lipinski definition) is 4. The van der Waals surface area contributed by atoms with E-state index in [2.05, 4.69) is 15.7 Å². The molecule has 0 unspecified atom stereocenters. The lowest BCUT2D eigenvalue weighted by Gasteiger charge is -2.10. The summed E-state index contributed by atoms with van der Waals surface area (Å²) in [5.41, 5.74) is 10.5. The Hall–Kier alpha value is -1.46. The standard InChI is InChI=1S/C12H13N3S2/c13-12(16)10-3-1-2-4-11(10)14-6-5-9-7-17-8-15-9/h1-4,7-8,14H,5-6H2,(H2,13,16). The van der Waals surface area contributed by atoms with Gasteiger partial charge in [-0.1, -0.05) is 24.4 Å². The van der Waals surface area contributed by atoms with Gasteiger partial charge in [0.25, 0.3) is 0 Å². The van der Waals surface area contributed by atoms with Crippen LogP contribution >= 0.6 is 23.6 Å². The number of thiazole rings is 1. The summed E-state index contributed by atoms with van der Waals surface area (Å²) >= 11 is 6.62. The quantitative estimate of drug-likeness (QED) is 0.814. The summed E-state index contributed by atoms with van der Waals surface area (Å²) in [6, 6.07) is 7.80. The number of nitrogens with zero attached hydrogens (tertiary/aromatic N) is 1. The van der Waals surface area contributed by atoms with Gasteiger partial charge in [-0.15, -0.1) is 11.3 Å². The van der Waals surface area contributed by atoms with Crippen molar-refractivity contribution < 1.29 is 0 Å². The molecule has 3 nitrogen and oxygen atoms in total. The van der Waals surface area contributed by atoms with Crippen LogP contribution in [0, 0.1) is 0 Å². The average Bonchev–Trinajstić information content (AvgIpc) is 2.82. The lowest BCUT2D eigenvalue weighted by molar-refractivity contribution is 0.977. The zero-order valence-corrected chi connectivity index (χ0v) is 10.9. The molecule has 0 aliphatic carbocycles. The summed E-state index contributed by atoms with van der Waals surface area (Å²) < 4.78 is 0. The summed E-state index contributed by atoms with van der Waals surface area (Å²) in [5, 5.41) is 5.39. The van der Waals surface area contributed by atoms with Crippen LogP contribution in [0.3, 0.4) is 0 Å². The molecule has 0 saturated heterocycles. The molecule has 1 heterocycles. The molecule has 5 heteroatoms. The van der Waals surface area contributed by atoms with Crippen LogP contribution in [0.1, 0.15) is 11.3 Å². The Bertz CT molecular complexity index is 494. The van der Waals surface area contributed by atoms with Crippen LogP contribution in [-0.2, 0) is 6.42 Å². The highest BCUT2D eigenvalue weighted by molar-refractivity contribution is 7.80. The molecule has 0 amide bonds. The van der Waals surface area contributed by atoms with Crippen molar-refractivity contribution in [3.05, 3.63) is 46.4 Å². The Balaban J connectivity index is 1.97. The van der Waals surface area contributed by atoms with Crippen LogP contribution in [0.5, 0.6) is 0 Å². The third-order valence-electron chi connectivity index (χ3n) is 2.37. The first-order valence-corrected chi connectivity index (χ1v) is 6.62. The van der Waals surface area contributed by atoms with Gasteiger partial charge in [-0.05, 0) is 12.1 Å². The van der Waals surface area contributed by atoms with Crippen molar-refractivity contribution >= 4 is 34.2 Å². The molecular weight excluding hydrogens is 250 g/mol. The lowest BCUT2D eigenvalue weighted by Crippen LogP contribution is -2.14. The van der Waals surface area contributed by atoms with Crippen LogP contribution in [-0.4, -0.2) is 16.5 Å². The van der Waals surface area contributed by atoms with E-state index in [1.807, 2.05) is 29.8 Å². The normalized spacial score (nSPS) is 10.1. The molecule has 0 aliphatic rings. The van der Waals surface area contributed by atoms with E-state index in [-0.39, 0.29) is 0 Å². The number of hydrogen-bond donors (Lipinski definition) is 2. The van der Waals surface area contributed by atoms with Crippen molar-refractivity contribution in [2.24, 2.45) is 5.73 Å². The van der Waals surface area contributed by atoms with Gasteiger partial charge >= 0.3 is 0 Å². The second kappa shape index (κ2) is 5.75. The Morgan fingerprint density at radius 1 is 1.41 bits per heavy atom. The van der Waals surface area contributed by atoms with Crippen LogP contribution in [0.15, 0.2) is 35.2 Å². The molecule has 88 valence electrons. The van der Waals surface area contributed by atoms with Gasteiger partial charge in [0, 0.05) is 29.6 Å². The molecule has 0 atom stereocenters. The number of nitrogens with one attached hydrogen (secondary N) is 1. The maximum atomic E-state index is 5.66. The average molecular weight is 263 g/mol. The molecule has 2 aromatic rings. The highest BCUT2D eigenvalue weighted by Crippen LogP contribution is 2.14. The molecule has 1 aromatic carbocycles. The first-order valence-electron chi connectivity index (χ1n) is 5.27. The maximum absolute atomic E-state index is 5.66. The molecule has 2 rings (SSSR count). The van der Waals surface area contributed by atoms with Gasteiger partial charge in [0.2, 0.25) is 0 Å². The van der Waals surface area contributed by atoms with Crippen molar-refractivity contribution in [1.82, 2.24) is 4.98 Å². The van der Waals surface area contributed by atoms with E-state index in [4.69, 9.17) is 18.0 Å². The van der Waals surface area contributed by atoms with E-state index in [1.54, 1.807) is 11.3 Å². The minimum absolute atomic E-state index is 0.418. The first kappa shape index (κ1) is 12.0. The molecule has 0 bridgehead atoms. The Morgan fingerprint density at radius 2 is 2.24 bits per heavy atom. The zero-order chi connectivity index (χ0) is 12.1. The van der Waals surface area contributed by atoms with Gasteiger partial charge in [-0.25, -0.2) is 4.98 Å². The topological polar surface area (TPSA) is 50.9 Å². The van der Waals surface area contributed by atoms with Gasteiger partial charge in [0.15, 0.2) is 0 Å². The molecule has 0 spiro atoms. The molecule has 1 aromatic heterocycles. The predicted octanol–water partition coefficient (Wildman–Crippen LogP) is 2.43. The van der Waals surface area contributed by atoms with Crippen molar-refractivity contribution in [2.75, 3.05) is 11.9 Å². The van der Waals surface area contributed by atoms with Gasteiger partial charge < -0.3 is 11.1 Å². The Labute approximate surface area is 110 Å². The molecule has 0 radical (unpaired) electrons. The van der Waals surface area contributed by atoms with E-state index in [0.717, 1.165) is 29.9 Å². The fourth-order valence-corrected chi connectivity index (χ4v) is 2.31. The molecule has 17 heavy (non-hydrogen) atoms. The lowest BCUT2D eigenvalue weighted by atomic mass is 10.1. The zero-order valence-electron chi connectivity index (χ0n) is 9.22. The predicted molar refractivity (Wildman–Crippen MR) is 76.6 cm³/mol. The number of para-hydroxylation sites is 1. The van der Waals surface area contributed by atoms with Gasteiger partial charge in [0.1, 0.15) is 4.99 Å². The van der Waals surface area contributed by atoms with E-state index < -0.39 is 0 Å². The number of thiocarbonyl (C=S) groups is 1. The Morgan fingerprint density at radius 3 is 2.94 bits per heavy atom. The molecule has 0 saturated carbocycles. The maximum Gasteiger partial charge on any atom is 0.106 e. The fourth-order valence-electron chi connectivity index (χ4n) is 1.54. The largest absolute Gasteiger partial charge is 0.389 e. The number of benzene rings is 1. The SMILES string of the molecule is NC(=S)c1ccccc1NCCc1cscn1. The second-order valence-electron chi connectivity index (χ2n) is 3.57. The van der Waals surface area contributed by atoms with Gasteiger partial charge in [-0.3, -0.25) is 0 Å². The van der Waals surface area contributed by atoms with E-state index >= 15 is 0 Å². The minimum atomic E-state index is 0.418. The van der Waals surface area contributed by atoms with Crippen LogP contribution in [0.25, 0.3) is 0 Å². The molecular formula is C12H13N3S2. The number of rotatable bonds is 5. The molecule has 0 aliphatic heterocycles. The van der Waals surface area contributed by atoms with Crippen molar-refractivity contribution in [2.45, 2.75) is 6.42 Å². The van der Waals surface area contributed by atoms with E-state index in [9.17, 15) is 0 Å². The Kier molecular flexibility index (Phi) is 4.06. The summed E-state index contributed by atoms with van der Waals surface area (Å²) in [7, 11) is 0. The molecule has 3 N–H and O–H groups in total. The summed E-state index contributed by atoms with van der Waals surface area (Å²) in [6.07, 6.45) is 0.898. The first-order chi connectivity index (χ1) is 8.27. The second-order valence-corrected chi connectivity index (χ2v) is 4.72. The van der Waals surface area contributed by atoms with E-state index in [0.29, 0.717) is 4.99 Å². The number of nitrogens with two attached hydrogens (primary N) is 1. The third-order valence-corrected chi connectivity index (χ3v) is 3.23. The van der Waals surface area contributed by atoms with Gasteiger partial charge in [0.05, 0.1) is 11.2 Å². The summed E-state index contributed by atoms with van der Waals surface area (Å²) in [5.74, 6) is 0. The van der Waals surface area contributed by atoms with Crippen LogP contribution in [0.2, 0.25) is 0 Å². The summed E-state index contributed by atoms with van der Waals surface area (Å²) in [4.78, 5) is 4.65. The smallest absolute Gasteiger partial charge is 0.106 e. The number of aromatic nitrogens is 1. The van der Waals surface area contributed by atoms with Crippen molar-refractivity contribution in [3.8, 4) is 0 Å². The third kappa shape index (κ3) is 3.25. The fraction of sp³-hybridized carbons (Fsp3) is 0.167.